The normalized spacial score (nSPS) is 12.8. The highest BCUT2D eigenvalue weighted by atomic mass is 35.5. The molecule has 0 aromatic heterocycles. The first-order valence-electron chi connectivity index (χ1n) is 7.92. The molecule has 0 bridgehead atoms. The Hall–Kier alpha value is -1.80. The molecule has 0 radical (unpaired) electrons. The van der Waals surface area contributed by atoms with Gasteiger partial charge in [0.1, 0.15) is 16.4 Å². The summed E-state index contributed by atoms with van der Waals surface area (Å²) in [5.74, 6) is 0.688. The number of nitrogens with zero attached hydrogens (tertiary/aromatic N) is 1. The van der Waals surface area contributed by atoms with E-state index in [1.165, 1.54) is 20.3 Å². The zero-order valence-corrected chi connectivity index (χ0v) is 16.8. The highest BCUT2D eigenvalue weighted by molar-refractivity contribution is 7.89. The Kier molecular flexibility index (Phi) is 6.88. The number of benzene rings is 2. The second kappa shape index (κ2) is 8.73. The van der Waals surface area contributed by atoms with Gasteiger partial charge in [0.05, 0.1) is 14.2 Å². The molecule has 0 fully saturated rings. The molecule has 26 heavy (non-hydrogen) atoms. The van der Waals surface area contributed by atoms with Crippen LogP contribution in [0.4, 0.5) is 0 Å². The predicted octanol–water partition coefficient (Wildman–Crippen LogP) is 2.94. The van der Waals surface area contributed by atoms with Gasteiger partial charge >= 0.3 is 0 Å². The van der Waals surface area contributed by atoms with Crippen LogP contribution in [-0.2, 0) is 10.0 Å². The first-order valence-corrected chi connectivity index (χ1v) is 9.78. The fourth-order valence-corrected chi connectivity index (χ4v) is 3.99. The number of nitrogens with one attached hydrogen (secondary N) is 1. The van der Waals surface area contributed by atoms with Crippen molar-refractivity contribution in [3.05, 3.63) is 53.1 Å². The minimum Gasteiger partial charge on any atom is -0.497 e. The third-order valence-electron chi connectivity index (χ3n) is 3.98. The molecule has 6 nitrogen and oxygen atoms in total. The molecule has 0 saturated carbocycles. The predicted molar refractivity (Wildman–Crippen MR) is 103 cm³/mol. The maximum Gasteiger partial charge on any atom is 0.244 e. The van der Waals surface area contributed by atoms with Crippen molar-refractivity contribution < 1.29 is 17.9 Å². The number of sulfonamides is 1. The van der Waals surface area contributed by atoms with Gasteiger partial charge in [-0.1, -0.05) is 23.7 Å². The maximum atomic E-state index is 12.8. The van der Waals surface area contributed by atoms with Crippen LogP contribution >= 0.6 is 11.6 Å². The molecule has 142 valence electrons. The number of hydrogen-bond donors (Lipinski definition) is 1. The fraction of sp³-hybridized carbons (Fsp3) is 0.333. The minimum absolute atomic E-state index is 0.0305. The monoisotopic (exact) mass is 398 g/mol. The summed E-state index contributed by atoms with van der Waals surface area (Å²) in [4.78, 5) is 1.96. The van der Waals surface area contributed by atoms with E-state index in [-0.39, 0.29) is 23.2 Å². The molecule has 2 aromatic carbocycles. The average molecular weight is 399 g/mol. The van der Waals surface area contributed by atoms with Crippen molar-refractivity contribution in [3.63, 3.8) is 0 Å². The van der Waals surface area contributed by atoms with Crippen LogP contribution in [0.5, 0.6) is 11.5 Å². The molecule has 1 N–H and O–H groups in total. The van der Waals surface area contributed by atoms with E-state index in [4.69, 9.17) is 21.1 Å². The molecule has 0 aliphatic rings. The summed E-state index contributed by atoms with van der Waals surface area (Å²) in [6.45, 7) is 0.177. The lowest BCUT2D eigenvalue weighted by atomic mass is 10.1. The highest BCUT2D eigenvalue weighted by Gasteiger charge is 2.23. The maximum absolute atomic E-state index is 12.8. The first-order chi connectivity index (χ1) is 12.3. The molecule has 2 rings (SSSR count). The van der Waals surface area contributed by atoms with Crippen molar-refractivity contribution >= 4 is 21.6 Å². The standard InChI is InChI=1S/C18H23ClN2O4S/c1-21(2)16(13-6-5-7-14(19)10-13)12-20-26(22,23)18-11-15(24-3)8-9-17(18)25-4/h5-11,16,20H,12H2,1-4H3. The van der Waals surface area contributed by atoms with Gasteiger partial charge in [-0.15, -0.1) is 0 Å². The molecule has 0 aliphatic heterocycles. The van der Waals surface area contributed by atoms with Gasteiger partial charge in [0.2, 0.25) is 10.0 Å². The zero-order chi connectivity index (χ0) is 19.3. The second-order valence-electron chi connectivity index (χ2n) is 5.90. The van der Waals surface area contributed by atoms with Crippen molar-refractivity contribution in [1.82, 2.24) is 9.62 Å². The zero-order valence-electron chi connectivity index (χ0n) is 15.2. The Morgan fingerprint density at radius 3 is 2.42 bits per heavy atom. The van der Waals surface area contributed by atoms with Crippen molar-refractivity contribution in [1.29, 1.82) is 0 Å². The van der Waals surface area contributed by atoms with Gasteiger partial charge in [0, 0.05) is 23.7 Å². The summed E-state index contributed by atoms with van der Waals surface area (Å²) in [6.07, 6.45) is 0. The lowest BCUT2D eigenvalue weighted by Crippen LogP contribution is -2.34. The summed E-state index contributed by atoms with van der Waals surface area (Å²) >= 11 is 6.06. The van der Waals surface area contributed by atoms with Crippen LogP contribution in [-0.4, -0.2) is 48.2 Å². The van der Waals surface area contributed by atoms with E-state index < -0.39 is 10.0 Å². The molecule has 0 aliphatic carbocycles. The van der Waals surface area contributed by atoms with Crippen LogP contribution in [0.3, 0.4) is 0 Å². The van der Waals surface area contributed by atoms with Crippen LogP contribution in [0.1, 0.15) is 11.6 Å². The van der Waals surface area contributed by atoms with E-state index in [1.807, 2.05) is 37.2 Å². The number of hydrogen-bond acceptors (Lipinski definition) is 5. The molecule has 0 amide bonds. The average Bonchev–Trinajstić information content (AvgIpc) is 2.61. The van der Waals surface area contributed by atoms with E-state index in [0.717, 1.165) is 5.56 Å². The van der Waals surface area contributed by atoms with Gasteiger partial charge in [0.25, 0.3) is 0 Å². The van der Waals surface area contributed by atoms with Gasteiger partial charge in [-0.2, -0.15) is 0 Å². The van der Waals surface area contributed by atoms with Crippen LogP contribution in [0.25, 0.3) is 0 Å². The molecular formula is C18H23ClN2O4S. The summed E-state index contributed by atoms with van der Waals surface area (Å²) in [5, 5.41) is 0.603. The van der Waals surface area contributed by atoms with Crippen molar-refractivity contribution in [2.75, 3.05) is 34.9 Å². The highest BCUT2D eigenvalue weighted by Crippen LogP contribution is 2.28. The molecule has 2 aromatic rings. The largest absolute Gasteiger partial charge is 0.497 e. The number of ether oxygens (including phenoxy) is 2. The Bertz CT molecular complexity index is 856. The van der Waals surface area contributed by atoms with Crippen LogP contribution in [0, 0.1) is 0 Å². The van der Waals surface area contributed by atoms with E-state index in [9.17, 15) is 8.42 Å². The first kappa shape index (κ1) is 20.5. The molecule has 1 atom stereocenters. The van der Waals surface area contributed by atoms with Crippen LogP contribution in [0.15, 0.2) is 47.4 Å². The molecule has 0 spiro atoms. The third kappa shape index (κ3) is 4.88. The Morgan fingerprint density at radius 1 is 1.12 bits per heavy atom. The Balaban J connectivity index is 2.28. The summed E-state index contributed by atoms with van der Waals surface area (Å²) in [5.41, 5.74) is 0.919. The molecule has 1 unspecified atom stereocenters. The summed E-state index contributed by atoms with van der Waals surface area (Å²) in [6, 6.07) is 11.8. The number of methoxy groups -OCH3 is 2. The third-order valence-corrected chi connectivity index (χ3v) is 5.66. The fourth-order valence-electron chi connectivity index (χ4n) is 2.57. The van der Waals surface area contributed by atoms with Gasteiger partial charge in [-0.25, -0.2) is 13.1 Å². The molecule has 0 heterocycles. The van der Waals surface area contributed by atoms with Crippen molar-refractivity contribution in [2.45, 2.75) is 10.9 Å². The number of likely N-dealkylation sites (N-methyl/N-ethyl adjacent to an activating group) is 1. The quantitative estimate of drug-likeness (QED) is 0.740. The molecule has 8 heteroatoms. The molecule has 0 saturated heterocycles. The SMILES string of the molecule is COc1ccc(OC)c(S(=O)(=O)NCC(c2cccc(Cl)c2)N(C)C)c1. The molecular weight excluding hydrogens is 376 g/mol. The Labute approximate surface area is 159 Å². The van der Waals surface area contributed by atoms with E-state index in [0.29, 0.717) is 10.8 Å². The lowest BCUT2D eigenvalue weighted by Gasteiger charge is -2.25. The van der Waals surface area contributed by atoms with Gasteiger partial charge in [-0.3, -0.25) is 0 Å². The second-order valence-corrected chi connectivity index (χ2v) is 8.07. The summed E-state index contributed by atoms with van der Waals surface area (Å²) < 4.78 is 38.6. The number of rotatable bonds is 8. The number of halogens is 1. The van der Waals surface area contributed by atoms with Gasteiger partial charge in [-0.05, 0) is 43.9 Å². The van der Waals surface area contributed by atoms with Gasteiger partial charge < -0.3 is 14.4 Å². The van der Waals surface area contributed by atoms with Crippen molar-refractivity contribution in [2.24, 2.45) is 0 Å². The van der Waals surface area contributed by atoms with Crippen molar-refractivity contribution in [3.8, 4) is 11.5 Å². The smallest absolute Gasteiger partial charge is 0.244 e. The Morgan fingerprint density at radius 2 is 1.85 bits per heavy atom. The van der Waals surface area contributed by atoms with Crippen LogP contribution in [0.2, 0.25) is 5.02 Å². The van der Waals surface area contributed by atoms with Gasteiger partial charge in [0.15, 0.2) is 0 Å². The van der Waals surface area contributed by atoms with E-state index in [1.54, 1.807) is 18.2 Å². The lowest BCUT2D eigenvalue weighted by molar-refractivity contribution is 0.299. The summed E-state index contributed by atoms with van der Waals surface area (Å²) in [7, 11) is 2.87. The van der Waals surface area contributed by atoms with E-state index >= 15 is 0 Å². The topological polar surface area (TPSA) is 67.9 Å². The van der Waals surface area contributed by atoms with E-state index in [2.05, 4.69) is 4.72 Å². The minimum atomic E-state index is -3.80. The van der Waals surface area contributed by atoms with Crippen LogP contribution < -0.4 is 14.2 Å².